The van der Waals surface area contributed by atoms with E-state index >= 15 is 0 Å². The fraction of sp³-hybridized carbons (Fsp3) is 0.0833. The molecule has 0 aliphatic heterocycles. The van der Waals surface area contributed by atoms with Gasteiger partial charge >= 0.3 is 0 Å². The van der Waals surface area contributed by atoms with Gasteiger partial charge in [0.05, 0.1) is 4.47 Å². The van der Waals surface area contributed by atoms with Crippen molar-refractivity contribution >= 4 is 44.9 Å². The van der Waals surface area contributed by atoms with E-state index in [2.05, 4.69) is 31.0 Å². The van der Waals surface area contributed by atoms with Gasteiger partial charge in [-0.15, -0.1) is 0 Å². The van der Waals surface area contributed by atoms with E-state index in [-0.39, 0.29) is 0 Å². The summed E-state index contributed by atoms with van der Waals surface area (Å²) in [6, 6.07) is 5.23. The maximum Gasteiger partial charge on any atom is 0.256 e. The highest BCUT2D eigenvalue weighted by Gasteiger charge is 2.15. The summed E-state index contributed by atoms with van der Waals surface area (Å²) in [5.74, 6) is 1.43. The Hall–Kier alpha value is -1.37. The molecule has 5 nitrogen and oxygen atoms in total. The second kappa shape index (κ2) is 5.20. The summed E-state index contributed by atoms with van der Waals surface area (Å²) in [6.45, 7) is 1.80. The molecule has 0 atom stereocenters. The predicted molar refractivity (Wildman–Crippen MR) is 79.8 cm³/mol. The molecule has 1 aromatic carbocycles. The second-order valence-corrected chi connectivity index (χ2v) is 5.63. The number of hydrogen-bond donors (Lipinski definition) is 0. The van der Waals surface area contributed by atoms with Crippen LogP contribution < -0.4 is 4.74 Å². The van der Waals surface area contributed by atoms with Crippen LogP contribution in [0.5, 0.6) is 11.6 Å². The maximum absolute atomic E-state index is 6.08. The van der Waals surface area contributed by atoms with E-state index in [1.54, 1.807) is 25.1 Å². The van der Waals surface area contributed by atoms with E-state index in [1.807, 2.05) is 0 Å². The van der Waals surface area contributed by atoms with Crippen LogP contribution in [0.25, 0.3) is 5.78 Å². The topological polar surface area (TPSA) is 52.3 Å². The molecule has 0 aliphatic rings. The Kier molecular flexibility index (Phi) is 3.54. The van der Waals surface area contributed by atoms with Crippen LogP contribution in [-0.4, -0.2) is 19.6 Å². The molecule has 2 heterocycles. The lowest BCUT2D eigenvalue weighted by atomic mass is 10.3. The van der Waals surface area contributed by atoms with Gasteiger partial charge in [-0.05, 0) is 41.1 Å². The largest absolute Gasteiger partial charge is 0.437 e. The molecule has 0 bridgehead atoms. The van der Waals surface area contributed by atoms with Crippen LogP contribution in [0.2, 0.25) is 10.2 Å². The summed E-state index contributed by atoms with van der Waals surface area (Å²) in [5.41, 5.74) is 0.673. The standard InChI is InChI=1S/C12H7BrCl2N4O/c1-6-10(15)18-12-16-5-17-19(12)11(6)20-9-3-2-7(14)4-8(9)13/h2-5H,1H3. The van der Waals surface area contributed by atoms with E-state index in [9.17, 15) is 0 Å². The highest BCUT2D eigenvalue weighted by molar-refractivity contribution is 9.10. The number of rotatable bonds is 2. The molecule has 0 saturated heterocycles. The van der Waals surface area contributed by atoms with Gasteiger partial charge in [0.2, 0.25) is 5.88 Å². The van der Waals surface area contributed by atoms with Crippen molar-refractivity contribution in [3.05, 3.63) is 44.7 Å². The number of nitrogens with zero attached hydrogens (tertiary/aromatic N) is 4. The van der Waals surface area contributed by atoms with Crippen molar-refractivity contribution in [3.63, 3.8) is 0 Å². The van der Waals surface area contributed by atoms with Gasteiger partial charge < -0.3 is 4.74 Å². The minimum atomic E-state index is 0.325. The Balaban J connectivity index is 2.14. The molecule has 0 radical (unpaired) electrons. The summed E-state index contributed by atoms with van der Waals surface area (Å²) < 4.78 is 8.09. The van der Waals surface area contributed by atoms with Crippen LogP contribution in [0.3, 0.4) is 0 Å². The molecule has 0 spiro atoms. The van der Waals surface area contributed by atoms with E-state index < -0.39 is 0 Å². The van der Waals surface area contributed by atoms with Crippen molar-refractivity contribution in [2.24, 2.45) is 0 Å². The smallest absolute Gasteiger partial charge is 0.256 e. The van der Waals surface area contributed by atoms with Crippen LogP contribution in [0.15, 0.2) is 29.0 Å². The lowest BCUT2D eigenvalue weighted by molar-refractivity contribution is 0.439. The second-order valence-electron chi connectivity index (χ2n) is 3.98. The van der Waals surface area contributed by atoms with E-state index in [1.165, 1.54) is 10.8 Å². The van der Waals surface area contributed by atoms with Crippen LogP contribution in [0.1, 0.15) is 5.56 Å². The summed E-state index contributed by atoms with van der Waals surface area (Å²) in [7, 11) is 0. The summed E-state index contributed by atoms with van der Waals surface area (Å²) in [6.07, 6.45) is 1.39. The zero-order valence-corrected chi connectivity index (χ0v) is 13.2. The summed E-state index contributed by atoms with van der Waals surface area (Å²) in [5, 5.41) is 5.02. The van der Waals surface area contributed by atoms with Gasteiger partial charge in [-0.3, -0.25) is 0 Å². The maximum atomic E-state index is 6.08. The summed E-state index contributed by atoms with van der Waals surface area (Å²) in [4.78, 5) is 8.12. The van der Waals surface area contributed by atoms with Crippen LogP contribution in [0, 0.1) is 6.92 Å². The average Bonchev–Trinajstić information content (AvgIpc) is 2.85. The molecule has 0 aliphatic carbocycles. The minimum absolute atomic E-state index is 0.325. The van der Waals surface area contributed by atoms with Gasteiger partial charge in [-0.2, -0.15) is 19.6 Å². The van der Waals surface area contributed by atoms with Crippen molar-refractivity contribution in [3.8, 4) is 11.6 Å². The molecule has 0 saturated carbocycles. The van der Waals surface area contributed by atoms with E-state index in [0.29, 0.717) is 33.1 Å². The van der Waals surface area contributed by atoms with Crippen molar-refractivity contribution in [2.75, 3.05) is 0 Å². The molecule has 0 unspecified atom stereocenters. The zero-order valence-electron chi connectivity index (χ0n) is 10.1. The fourth-order valence-corrected chi connectivity index (χ4v) is 2.58. The molecule has 2 aromatic heterocycles. The lowest BCUT2D eigenvalue weighted by Gasteiger charge is -2.11. The fourth-order valence-electron chi connectivity index (χ4n) is 1.66. The molecular weight excluding hydrogens is 367 g/mol. The predicted octanol–water partition coefficient (Wildman–Crippen LogP) is 4.29. The number of hydrogen-bond acceptors (Lipinski definition) is 4. The normalized spacial score (nSPS) is 11.0. The zero-order chi connectivity index (χ0) is 14.3. The molecule has 3 rings (SSSR count). The number of fused-ring (bicyclic) bond motifs is 1. The van der Waals surface area contributed by atoms with Gasteiger partial charge in [0.25, 0.3) is 5.78 Å². The first-order chi connectivity index (χ1) is 9.56. The quantitative estimate of drug-likeness (QED) is 0.628. The third-order valence-corrected chi connectivity index (χ3v) is 3.87. The molecule has 0 amide bonds. The highest BCUT2D eigenvalue weighted by Crippen LogP contribution is 2.34. The van der Waals surface area contributed by atoms with Crippen LogP contribution in [0.4, 0.5) is 0 Å². The first-order valence-electron chi connectivity index (χ1n) is 5.55. The van der Waals surface area contributed by atoms with E-state index in [4.69, 9.17) is 27.9 Å². The van der Waals surface area contributed by atoms with Gasteiger partial charge in [0.15, 0.2) is 0 Å². The van der Waals surface area contributed by atoms with Gasteiger partial charge in [-0.25, -0.2) is 0 Å². The van der Waals surface area contributed by atoms with Crippen molar-refractivity contribution < 1.29 is 4.74 Å². The minimum Gasteiger partial charge on any atom is -0.437 e. The van der Waals surface area contributed by atoms with Crippen molar-refractivity contribution in [1.29, 1.82) is 0 Å². The van der Waals surface area contributed by atoms with Gasteiger partial charge in [0, 0.05) is 10.6 Å². The van der Waals surface area contributed by atoms with Crippen molar-refractivity contribution in [2.45, 2.75) is 6.92 Å². The Bertz CT molecular complexity index is 805. The highest BCUT2D eigenvalue weighted by atomic mass is 79.9. The molecule has 0 N–H and O–H groups in total. The Labute approximate surface area is 132 Å². The lowest BCUT2D eigenvalue weighted by Crippen LogP contribution is -2.01. The number of benzene rings is 1. The third kappa shape index (κ3) is 2.34. The first-order valence-corrected chi connectivity index (χ1v) is 7.10. The Morgan fingerprint density at radius 3 is 2.85 bits per heavy atom. The molecule has 0 fully saturated rings. The molecule has 102 valence electrons. The molecule has 8 heteroatoms. The average molecular weight is 374 g/mol. The summed E-state index contributed by atoms with van der Waals surface area (Å²) >= 11 is 15.4. The van der Waals surface area contributed by atoms with Crippen LogP contribution in [-0.2, 0) is 0 Å². The van der Waals surface area contributed by atoms with E-state index in [0.717, 1.165) is 4.47 Å². The first kappa shape index (κ1) is 13.6. The SMILES string of the molecule is Cc1c(Cl)nc2ncnn2c1Oc1ccc(Cl)cc1Br. The van der Waals surface area contributed by atoms with Crippen molar-refractivity contribution in [1.82, 2.24) is 19.6 Å². The molecular formula is C12H7BrCl2N4O. The molecule has 3 aromatic rings. The Morgan fingerprint density at radius 1 is 1.30 bits per heavy atom. The van der Waals surface area contributed by atoms with Crippen LogP contribution >= 0.6 is 39.1 Å². The third-order valence-electron chi connectivity index (χ3n) is 2.65. The number of halogens is 3. The van der Waals surface area contributed by atoms with Gasteiger partial charge in [0.1, 0.15) is 17.2 Å². The Morgan fingerprint density at radius 2 is 2.10 bits per heavy atom. The number of aromatic nitrogens is 4. The molecule has 20 heavy (non-hydrogen) atoms. The monoisotopic (exact) mass is 372 g/mol. The van der Waals surface area contributed by atoms with Gasteiger partial charge in [-0.1, -0.05) is 23.2 Å². The number of ether oxygens (including phenoxy) is 1.